The summed E-state index contributed by atoms with van der Waals surface area (Å²) < 4.78 is 7.83. The van der Waals surface area contributed by atoms with Crippen LogP contribution in [0.2, 0.25) is 0 Å². The third kappa shape index (κ3) is 6.93. The van der Waals surface area contributed by atoms with Crippen LogP contribution in [-0.4, -0.2) is 83.8 Å². The van der Waals surface area contributed by atoms with Gasteiger partial charge in [-0.15, -0.1) is 10.2 Å². The molecule has 2 atom stereocenters. The zero-order valence-electron chi connectivity index (χ0n) is 26.6. The Morgan fingerprint density at radius 1 is 0.958 bits per heavy atom. The number of carbonyl (C=O) groups excluding carboxylic acids is 3. The van der Waals surface area contributed by atoms with Crippen LogP contribution in [0.4, 0.5) is 0 Å². The maximum atomic E-state index is 13.8. The zero-order valence-corrected chi connectivity index (χ0v) is 26.6. The summed E-state index contributed by atoms with van der Waals surface area (Å²) in [5.41, 5.74) is 4.18. The number of H-pyrrole nitrogens is 1. The van der Waals surface area contributed by atoms with Gasteiger partial charge in [-0.1, -0.05) is 28.6 Å². The summed E-state index contributed by atoms with van der Waals surface area (Å²) in [7, 11) is 1.33. The maximum absolute atomic E-state index is 13.8. The first kappa shape index (κ1) is 32.4. The number of carboxylic acids is 1. The first-order chi connectivity index (χ1) is 23.2. The zero-order chi connectivity index (χ0) is 33.8. The van der Waals surface area contributed by atoms with Gasteiger partial charge in [0, 0.05) is 52.5 Å². The molecule has 1 aliphatic heterocycles. The summed E-state index contributed by atoms with van der Waals surface area (Å²) >= 11 is 0. The number of esters is 1. The molecule has 2 aromatic carbocycles. The van der Waals surface area contributed by atoms with Gasteiger partial charge in [0.05, 0.1) is 19.5 Å². The Morgan fingerprint density at radius 3 is 2.23 bits per heavy atom. The van der Waals surface area contributed by atoms with Crippen LogP contribution in [0.3, 0.4) is 0 Å². The summed E-state index contributed by atoms with van der Waals surface area (Å²) in [6.07, 6.45) is 6.87. The van der Waals surface area contributed by atoms with Crippen molar-refractivity contribution in [1.82, 2.24) is 40.3 Å². The van der Waals surface area contributed by atoms with Gasteiger partial charge in [-0.2, -0.15) is 0 Å². The van der Waals surface area contributed by atoms with E-state index in [-0.39, 0.29) is 30.3 Å². The Bertz CT molecular complexity index is 1970. The van der Waals surface area contributed by atoms with Crippen molar-refractivity contribution in [2.75, 3.05) is 20.2 Å². The van der Waals surface area contributed by atoms with Gasteiger partial charge in [-0.25, -0.2) is 19.0 Å². The third-order valence-corrected chi connectivity index (χ3v) is 8.79. The average Bonchev–Trinajstić information content (AvgIpc) is 3.87. The number of carboxylic acid groups (broad SMARTS) is 1. The molecule has 14 nitrogen and oxygen atoms in total. The molecular formula is C34H36N8O6. The van der Waals surface area contributed by atoms with Gasteiger partial charge in [0.1, 0.15) is 17.2 Å². The summed E-state index contributed by atoms with van der Waals surface area (Å²) in [4.78, 5) is 53.6. The molecule has 1 saturated heterocycles. The molecule has 0 bridgehead atoms. The van der Waals surface area contributed by atoms with E-state index in [1.807, 2.05) is 30.5 Å². The summed E-state index contributed by atoms with van der Waals surface area (Å²) in [6.45, 7) is 2.89. The van der Waals surface area contributed by atoms with Crippen LogP contribution < -0.4 is 5.32 Å². The number of methoxy groups -OCH3 is 1. The molecule has 4 heterocycles. The van der Waals surface area contributed by atoms with Crippen LogP contribution in [0.5, 0.6) is 0 Å². The number of hydrogen-bond acceptors (Lipinski definition) is 10. The fourth-order valence-corrected chi connectivity index (χ4v) is 6.15. The Kier molecular flexibility index (Phi) is 9.52. The number of aromatic amines is 1. The summed E-state index contributed by atoms with van der Waals surface area (Å²) in [5.74, 6) is -1.92. The first-order valence-corrected chi connectivity index (χ1v) is 15.8. The van der Waals surface area contributed by atoms with Crippen molar-refractivity contribution in [2.24, 2.45) is 5.92 Å². The minimum atomic E-state index is -1.13. The van der Waals surface area contributed by atoms with Crippen LogP contribution >= 0.6 is 0 Å². The quantitative estimate of drug-likeness (QED) is 0.124. The molecule has 1 fully saturated rings. The fourth-order valence-electron chi connectivity index (χ4n) is 6.15. The number of nitrogens with zero attached hydrogens (tertiary/aromatic N) is 6. The molecule has 1 aliphatic rings. The van der Waals surface area contributed by atoms with Crippen molar-refractivity contribution >= 4 is 34.4 Å². The number of para-hydroxylation sites is 1. The largest absolute Gasteiger partial charge is 0.480 e. The molecule has 248 valence electrons. The number of aromatic nitrogens is 7. The van der Waals surface area contributed by atoms with Crippen molar-refractivity contribution in [1.29, 1.82) is 0 Å². The number of nitrogens with one attached hydrogen (secondary N) is 2. The number of hydrogen-bond donors (Lipinski definition) is 3. The Hall–Kier alpha value is -5.50. The molecule has 3 aromatic heterocycles. The molecule has 0 saturated carbocycles. The van der Waals surface area contributed by atoms with E-state index in [1.165, 1.54) is 29.6 Å². The Morgan fingerprint density at radius 2 is 1.60 bits per heavy atom. The van der Waals surface area contributed by atoms with Gasteiger partial charge in [0.15, 0.2) is 17.9 Å². The van der Waals surface area contributed by atoms with Gasteiger partial charge in [-0.3, -0.25) is 4.79 Å². The minimum absolute atomic E-state index is 0.0176. The molecule has 0 amide bonds. The number of ether oxygens (including phenoxy) is 1. The maximum Gasteiger partial charge on any atom is 0.331 e. The van der Waals surface area contributed by atoms with E-state index in [4.69, 9.17) is 4.74 Å². The lowest BCUT2D eigenvalue weighted by Gasteiger charge is -2.21. The predicted molar refractivity (Wildman–Crippen MR) is 174 cm³/mol. The highest BCUT2D eigenvalue weighted by Crippen LogP contribution is 2.31. The lowest BCUT2D eigenvalue weighted by Crippen LogP contribution is -2.31. The van der Waals surface area contributed by atoms with Gasteiger partial charge in [0.25, 0.3) is 0 Å². The Labute approximate surface area is 275 Å². The van der Waals surface area contributed by atoms with E-state index in [9.17, 15) is 24.3 Å². The van der Waals surface area contributed by atoms with Crippen molar-refractivity contribution in [2.45, 2.75) is 51.1 Å². The van der Waals surface area contributed by atoms with Gasteiger partial charge >= 0.3 is 11.9 Å². The molecule has 5 aromatic rings. The Balaban J connectivity index is 1.36. The molecular weight excluding hydrogens is 616 g/mol. The molecule has 6 rings (SSSR count). The van der Waals surface area contributed by atoms with Gasteiger partial charge < -0.3 is 24.9 Å². The SMILES string of the molecule is COC(=O)[C@H](Cc1c[nH]c2ccccc12)n1cc(-c2cc(C(=O)C3CCNCC3)cc(-c3cn([C@@H](CCC(C)=O)C(=O)O)nn3)c2)nn1. The average molecular weight is 653 g/mol. The molecule has 0 radical (unpaired) electrons. The lowest BCUT2D eigenvalue weighted by atomic mass is 9.88. The van der Waals surface area contributed by atoms with Crippen LogP contribution in [-0.2, 0) is 25.5 Å². The van der Waals surface area contributed by atoms with Crippen LogP contribution in [0.15, 0.2) is 61.1 Å². The van der Waals surface area contributed by atoms with Crippen molar-refractivity contribution in [3.05, 3.63) is 72.2 Å². The number of rotatable bonds is 13. The van der Waals surface area contributed by atoms with Gasteiger partial charge in [-0.05, 0) is 69.1 Å². The molecule has 0 unspecified atom stereocenters. The van der Waals surface area contributed by atoms with E-state index in [2.05, 4.69) is 30.9 Å². The minimum Gasteiger partial charge on any atom is -0.480 e. The van der Waals surface area contributed by atoms with Crippen molar-refractivity contribution in [3.63, 3.8) is 0 Å². The van der Waals surface area contributed by atoms with E-state index in [1.54, 1.807) is 24.4 Å². The van der Waals surface area contributed by atoms with E-state index >= 15 is 0 Å². The number of benzene rings is 2. The number of fused-ring (bicyclic) bond motifs is 1. The van der Waals surface area contributed by atoms with Crippen molar-refractivity contribution in [3.8, 4) is 22.5 Å². The molecule has 0 aliphatic carbocycles. The topological polar surface area (TPSA) is 187 Å². The second kappa shape index (κ2) is 14.1. The smallest absolute Gasteiger partial charge is 0.331 e. The predicted octanol–water partition coefficient (Wildman–Crippen LogP) is 3.82. The van der Waals surface area contributed by atoms with Crippen LogP contribution in [0.25, 0.3) is 33.4 Å². The van der Waals surface area contributed by atoms with Crippen molar-refractivity contribution < 1.29 is 29.0 Å². The number of aliphatic carboxylic acids is 1. The molecule has 3 N–H and O–H groups in total. The number of ketones is 2. The first-order valence-electron chi connectivity index (χ1n) is 15.8. The number of carbonyl (C=O) groups is 4. The van der Waals surface area contributed by atoms with E-state index in [0.29, 0.717) is 47.3 Å². The third-order valence-electron chi connectivity index (χ3n) is 8.79. The fraction of sp³-hybridized carbons (Fsp3) is 0.353. The lowest BCUT2D eigenvalue weighted by molar-refractivity contribution is -0.145. The molecule has 14 heteroatoms. The van der Waals surface area contributed by atoms with Crippen LogP contribution in [0, 0.1) is 5.92 Å². The highest BCUT2D eigenvalue weighted by atomic mass is 16.5. The van der Waals surface area contributed by atoms with E-state index < -0.39 is 24.0 Å². The normalized spacial score (nSPS) is 14.9. The molecule has 0 spiro atoms. The number of Topliss-reactive ketones (excluding diaryl/α,β-unsaturated/α-hetero) is 2. The van der Waals surface area contributed by atoms with Crippen LogP contribution in [0.1, 0.15) is 60.6 Å². The second-order valence-corrected chi connectivity index (χ2v) is 12.1. The second-order valence-electron chi connectivity index (χ2n) is 12.1. The standard InChI is InChI=1S/C34H36N8O6/c1-20(43)7-8-30(33(45)46)41-18-28(37-39-41)22-13-23(15-24(14-22)32(44)21-9-11-35-12-10-21)29-19-42(40-38-29)31(34(47)48-2)16-25-17-36-27-6-4-3-5-26(25)27/h3-6,13-15,17-19,21,30-31,35-36H,7-12,16H2,1-2H3,(H,45,46)/t30-,31-/m0/s1. The molecule has 48 heavy (non-hydrogen) atoms. The monoisotopic (exact) mass is 652 g/mol. The van der Waals surface area contributed by atoms with Gasteiger partial charge in [0.2, 0.25) is 0 Å². The van der Waals surface area contributed by atoms with E-state index in [0.717, 1.165) is 29.6 Å². The highest BCUT2D eigenvalue weighted by molar-refractivity contribution is 6.00. The highest BCUT2D eigenvalue weighted by Gasteiger charge is 2.28. The summed E-state index contributed by atoms with van der Waals surface area (Å²) in [6, 6.07) is 11.2. The number of piperidine rings is 1. The summed E-state index contributed by atoms with van der Waals surface area (Å²) in [5, 5.41) is 31.1.